The van der Waals surface area contributed by atoms with Gasteiger partial charge < -0.3 is 25.4 Å². The summed E-state index contributed by atoms with van der Waals surface area (Å²) in [5.41, 5.74) is 6.49. The number of fused-ring (bicyclic) bond motifs is 1. The van der Waals surface area contributed by atoms with Crippen LogP contribution in [-0.4, -0.2) is 44.2 Å². The van der Waals surface area contributed by atoms with E-state index in [0.29, 0.717) is 37.8 Å². The van der Waals surface area contributed by atoms with Crippen molar-refractivity contribution in [3.05, 3.63) is 18.2 Å². The molecule has 2 aliphatic heterocycles. The molecule has 3 rings (SSSR count). The van der Waals surface area contributed by atoms with E-state index in [1.54, 1.807) is 17.0 Å². The Morgan fingerprint density at radius 1 is 1.35 bits per heavy atom. The Morgan fingerprint density at radius 3 is 2.85 bits per heavy atom. The maximum Gasteiger partial charge on any atom is 0.227 e. The largest absolute Gasteiger partial charge is 0.486 e. The summed E-state index contributed by atoms with van der Waals surface area (Å²) in [6, 6.07) is 5.41. The van der Waals surface area contributed by atoms with E-state index in [1.165, 1.54) is 0 Å². The molecule has 7 nitrogen and oxygen atoms in total. The maximum absolute atomic E-state index is 12.5. The Kier molecular flexibility index (Phi) is 5.98. The van der Waals surface area contributed by atoms with E-state index in [-0.39, 0.29) is 30.2 Å². The lowest BCUT2D eigenvalue weighted by atomic mass is 10.1. The maximum atomic E-state index is 12.5. The predicted octanol–water partition coefficient (Wildman–Crippen LogP) is 1.44. The van der Waals surface area contributed by atoms with E-state index >= 15 is 0 Å². The number of nitrogens with two attached hydrogens (primary N) is 1. The van der Waals surface area contributed by atoms with Gasteiger partial charge in [-0.25, -0.2) is 0 Å². The van der Waals surface area contributed by atoms with Crippen molar-refractivity contribution >= 4 is 17.5 Å². The van der Waals surface area contributed by atoms with Crippen molar-refractivity contribution in [1.82, 2.24) is 5.32 Å². The summed E-state index contributed by atoms with van der Waals surface area (Å²) in [5, 5.41) is 3.00. The molecule has 1 fully saturated rings. The quantitative estimate of drug-likeness (QED) is 0.766. The first-order valence-corrected chi connectivity index (χ1v) is 9.32. The first-order chi connectivity index (χ1) is 12.6. The molecule has 2 amide bonds. The third kappa shape index (κ3) is 4.09. The molecule has 0 aliphatic carbocycles. The molecule has 1 aromatic carbocycles. The zero-order chi connectivity index (χ0) is 18.5. The minimum atomic E-state index is -0.355. The number of unbranched alkanes of at least 4 members (excludes halogenated alkanes) is 1. The van der Waals surface area contributed by atoms with Crippen LogP contribution in [0.25, 0.3) is 0 Å². The fourth-order valence-corrected chi connectivity index (χ4v) is 3.35. The minimum absolute atomic E-state index is 0.0269. The van der Waals surface area contributed by atoms with E-state index in [1.807, 2.05) is 6.07 Å². The fraction of sp³-hybridized carbons (Fsp3) is 0.579. The highest BCUT2D eigenvalue weighted by molar-refractivity contribution is 6.00. The monoisotopic (exact) mass is 361 g/mol. The molecular weight excluding hydrogens is 334 g/mol. The van der Waals surface area contributed by atoms with Crippen molar-refractivity contribution in [2.24, 2.45) is 11.7 Å². The van der Waals surface area contributed by atoms with E-state index in [4.69, 9.17) is 15.2 Å². The van der Waals surface area contributed by atoms with Gasteiger partial charge in [0.25, 0.3) is 0 Å². The second-order valence-electron chi connectivity index (χ2n) is 6.82. The molecule has 1 saturated heterocycles. The molecule has 7 heteroatoms. The van der Waals surface area contributed by atoms with Gasteiger partial charge >= 0.3 is 0 Å². The number of ether oxygens (including phenoxy) is 2. The summed E-state index contributed by atoms with van der Waals surface area (Å²) < 4.78 is 11.1. The van der Waals surface area contributed by atoms with Crippen LogP contribution in [0, 0.1) is 5.92 Å². The van der Waals surface area contributed by atoms with Crippen molar-refractivity contribution in [2.75, 3.05) is 31.2 Å². The van der Waals surface area contributed by atoms with Crippen LogP contribution in [0.3, 0.4) is 0 Å². The van der Waals surface area contributed by atoms with E-state index in [9.17, 15) is 9.59 Å². The summed E-state index contributed by atoms with van der Waals surface area (Å²) in [7, 11) is 0. The topological polar surface area (TPSA) is 93.9 Å². The smallest absolute Gasteiger partial charge is 0.227 e. The number of nitrogens with one attached hydrogen (secondary N) is 1. The molecule has 0 aromatic heterocycles. The summed E-state index contributed by atoms with van der Waals surface area (Å²) in [5.74, 6) is 0.816. The molecule has 0 saturated carbocycles. The fourth-order valence-electron chi connectivity index (χ4n) is 3.35. The molecule has 142 valence electrons. The third-order valence-corrected chi connectivity index (χ3v) is 4.87. The molecule has 26 heavy (non-hydrogen) atoms. The standard InChI is InChI=1S/C19H27N3O4/c1-2-3-4-14(11-20)21-19(24)13-9-18(23)22(12-13)15-5-6-16-17(10-15)26-8-7-25-16/h5-6,10,13-14H,2-4,7-9,11-12,20H2,1H3,(H,21,24). The number of anilines is 1. The Hall–Kier alpha value is -2.28. The predicted molar refractivity (Wildman–Crippen MR) is 98.4 cm³/mol. The van der Waals surface area contributed by atoms with Crippen LogP contribution in [0.5, 0.6) is 11.5 Å². The van der Waals surface area contributed by atoms with Gasteiger partial charge in [0, 0.05) is 37.3 Å². The highest BCUT2D eigenvalue weighted by Crippen LogP contribution is 2.36. The zero-order valence-corrected chi connectivity index (χ0v) is 15.2. The Labute approximate surface area is 153 Å². The van der Waals surface area contributed by atoms with Crippen molar-refractivity contribution in [1.29, 1.82) is 0 Å². The van der Waals surface area contributed by atoms with Crippen LogP contribution in [0.1, 0.15) is 32.6 Å². The normalized spacial score (nSPS) is 20.2. The summed E-state index contributed by atoms with van der Waals surface area (Å²) in [6.07, 6.45) is 3.16. The third-order valence-electron chi connectivity index (χ3n) is 4.87. The van der Waals surface area contributed by atoms with Gasteiger partial charge in [-0.2, -0.15) is 0 Å². The number of hydrogen-bond donors (Lipinski definition) is 2. The van der Waals surface area contributed by atoms with Crippen molar-refractivity contribution in [3.63, 3.8) is 0 Å². The lowest BCUT2D eigenvalue weighted by molar-refractivity contribution is -0.126. The van der Waals surface area contributed by atoms with Gasteiger partial charge in [-0.15, -0.1) is 0 Å². The van der Waals surface area contributed by atoms with Gasteiger partial charge in [-0.05, 0) is 18.6 Å². The van der Waals surface area contributed by atoms with Crippen LogP contribution in [0.15, 0.2) is 18.2 Å². The average molecular weight is 361 g/mol. The lowest BCUT2D eigenvalue weighted by Gasteiger charge is -2.22. The number of amides is 2. The van der Waals surface area contributed by atoms with Crippen molar-refractivity contribution < 1.29 is 19.1 Å². The van der Waals surface area contributed by atoms with Gasteiger partial charge in [0.1, 0.15) is 13.2 Å². The highest BCUT2D eigenvalue weighted by Gasteiger charge is 2.36. The van der Waals surface area contributed by atoms with Gasteiger partial charge in [-0.3, -0.25) is 9.59 Å². The van der Waals surface area contributed by atoms with E-state index in [2.05, 4.69) is 12.2 Å². The zero-order valence-electron chi connectivity index (χ0n) is 15.2. The van der Waals surface area contributed by atoms with Crippen LogP contribution >= 0.6 is 0 Å². The molecular formula is C19H27N3O4. The molecule has 2 heterocycles. The Bertz CT molecular complexity index is 664. The number of hydrogen-bond acceptors (Lipinski definition) is 5. The molecule has 2 atom stereocenters. The molecule has 2 aliphatic rings. The molecule has 2 unspecified atom stereocenters. The van der Waals surface area contributed by atoms with Crippen LogP contribution < -0.4 is 25.4 Å². The average Bonchev–Trinajstić information content (AvgIpc) is 3.06. The Morgan fingerprint density at radius 2 is 2.12 bits per heavy atom. The minimum Gasteiger partial charge on any atom is -0.486 e. The number of nitrogens with zero attached hydrogens (tertiary/aromatic N) is 1. The summed E-state index contributed by atoms with van der Waals surface area (Å²) in [4.78, 5) is 26.6. The highest BCUT2D eigenvalue weighted by atomic mass is 16.6. The van der Waals surface area contributed by atoms with Crippen LogP contribution in [0.4, 0.5) is 5.69 Å². The molecule has 0 spiro atoms. The van der Waals surface area contributed by atoms with Gasteiger partial charge in [0.15, 0.2) is 11.5 Å². The molecule has 0 radical (unpaired) electrons. The molecule has 0 bridgehead atoms. The van der Waals surface area contributed by atoms with Crippen molar-refractivity contribution in [3.8, 4) is 11.5 Å². The van der Waals surface area contributed by atoms with Crippen LogP contribution in [-0.2, 0) is 9.59 Å². The number of carbonyl (C=O) groups is 2. The van der Waals surface area contributed by atoms with Crippen LogP contribution in [0.2, 0.25) is 0 Å². The number of benzene rings is 1. The molecule has 1 aromatic rings. The second kappa shape index (κ2) is 8.40. The van der Waals surface area contributed by atoms with Gasteiger partial charge in [0.2, 0.25) is 11.8 Å². The summed E-state index contributed by atoms with van der Waals surface area (Å²) in [6.45, 7) is 3.91. The second-order valence-corrected chi connectivity index (χ2v) is 6.82. The van der Waals surface area contributed by atoms with Gasteiger partial charge in [0.05, 0.1) is 5.92 Å². The number of rotatable bonds is 7. The first-order valence-electron chi connectivity index (χ1n) is 9.32. The SMILES string of the molecule is CCCCC(CN)NC(=O)C1CC(=O)N(c2ccc3c(c2)OCCO3)C1. The van der Waals surface area contributed by atoms with Gasteiger partial charge in [-0.1, -0.05) is 19.8 Å². The molecule has 3 N–H and O–H groups in total. The lowest BCUT2D eigenvalue weighted by Crippen LogP contribution is -2.43. The van der Waals surface area contributed by atoms with E-state index in [0.717, 1.165) is 24.9 Å². The number of carbonyl (C=O) groups excluding carboxylic acids is 2. The Balaban J connectivity index is 1.64. The van der Waals surface area contributed by atoms with E-state index < -0.39 is 0 Å². The first kappa shape index (κ1) is 18.5. The summed E-state index contributed by atoms with van der Waals surface area (Å²) >= 11 is 0. The van der Waals surface area contributed by atoms with Crippen molar-refractivity contribution in [2.45, 2.75) is 38.6 Å².